The molecule has 0 aliphatic carbocycles. The molecule has 1 fully saturated rings. The van der Waals surface area contributed by atoms with Crippen LogP contribution >= 0.6 is 0 Å². The Morgan fingerprint density at radius 1 is 1.12 bits per heavy atom. The highest BCUT2D eigenvalue weighted by Gasteiger charge is 2.44. The largest absolute Gasteiger partial charge is 0.497 e. The van der Waals surface area contributed by atoms with E-state index in [1.165, 1.54) is 10.9 Å². The lowest BCUT2D eigenvalue weighted by atomic mass is 10.1. The third-order valence-electron chi connectivity index (χ3n) is 5.35. The molecule has 4 atom stereocenters. The molecule has 0 amide bonds. The summed E-state index contributed by atoms with van der Waals surface area (Å²) in [4.78, 5) is 12.9. The van der Waals surface area contributed by atoms with Crippen molar-refractivity contribution in [2.24, 2.45) is 0 Å². The van der Waals surface area contributed by atoms with Crippen molar-refractivity contribution in [1.29, 1.82) is 0 Å². The number of aromatic nitrogens is 4. The summed E-state index contributed by atoms with van der Waals surface area (Å²) in [5.41, 5.74) is 7.72. The minimum Gasteiger partial charge on any atom is -0.497 e. The predicted octanol–water partition coefficient (Wildman–Crippen LogP) is -0.308. The number of nitrogen functional groups attached to an aromatic ring is 1. The molecule has 0 radical (unpaired) electrons. The molecular weight excluding hydrogens is 420 g/mol. The molecule has 1 aromatic carbocycles. The van der Waals surface area contributed by atoms with Gasteiger partial charge in [-0.25, -0.2) is 4.98 Å². The molecule has 0 spiro atoms. The van der Waals surface area contributed by atoms with E-state index in [0.29, 0.717) is 35.6 Å². The van der Waals surface area contributed by atoms with E-state index in [2.05, 4.69) is 20.3 Å². The van der Waals surface area contributed by atoms with Gasteiger partial charge in [-0.15, -0.1) is 0 Å². The zero-order chi connectivity index (χ0) is 22.8. The standard InChI is InChI=1S/C20H26N6O6/c1-30-11-5-10(6-12(7-11)31-2)3-4-22-20-24-17(21)14-18(25-20)26(9-23-14)19-16(29)15(28)13(8-27)32-19/h5-7,9,13,15-16,19,27-29H,3-4,8H2,1-2H3,(H3,21,22,24,25)/t13-,15-,16-,19-/m1/s1. The van der Waals surface area contributed by atoms with E-state index < -0.39 is 31.1 Å². The SMILES string of the molecule is COc1cc(CCNc2nc(N)c3ncn([C@@H]4O[C@H](CO)[C@@H](O)[C@H]4O)c3n2)cc(OC)c1. The van der Waals surface area contributed by atoms with Gasteiger partial charge in [-0.3, -0.25) is 4.57 Å². The van der Waals surface area contributed by atoms with Gasteiger partial charge in [-0.1, -0.05) is 0 Å². The summed E-state index contributed by atoms with van der Waals surface area (Å²) in [5.74, 6) is 1.83. The Bertz CT molecular complexity index is 1070. The summed E-state index contributed by atoms with van der Waals surface area (Å²) in [6.07, 6.45) is -2.34. The van der Waals surface area contributed by atoms with Crippen molar-refractivity contribution in [1.82, 2.24) is 19.5 Å². The van der Waals surface area contributed by atoms with Crippen molar-refractivity contribution < 1.29 is 29.5 Å². The summed E-state index contributed by atoms with van der Waals surface area (Å²) in [5, 5.41) is 32.9. The van der Waals surface area contributed by atoms with Crippen LogP contribution in [0.3, 0.4) is 0 Å². The van der Waals surface area contributed by atoms with Gasteiger partial charge in [0.2, 0.25) is 5.95 Å². The fourth-order valence-corrected chi connectivity index (χ4v) is 3.64. The number of nitrogens with zero attached hydrogens (tertiary/aromatic N) is 4. The molecule has 172 valence electrons. The molecule has 3 heterocycles. The molecule has 2 aromatic heterocycles. The summed E-state index contributed by atoms with van der Waals surface area (Å²) in [6.45, 7) is 0.0730. The van der Waals surface area contributed by atoms with Gasteiger partial charge in [0.15, 0.2) is 17.7 Å². The molecule has 3 aromatic rings. The van der Waals surface area contributed by atoms with Crippen LogP contribution in [0.15, 0.2) is 24.5 Å². The minimum absolute atomic E-state index is 0.158. The van der Waals surface area contributed by atoms with E-state index in [1.54, 1.807) is 20.3 Å². The fraction of sp³-hybridized carbons (Fsp3) is 0.450. The van der Waals surface area contributed by atoms with E-state index in [-0.39, 0.29) is 11.8 Å². The number of imidazole rings is 1. The number of fused-ring (bicyclic) bond motifs is 1. The minimum atomic E-state index is -1.26. The van der Waals surface area contributed by atoms with Crippen LogP contribution < -0.4 is 20.5 Å². The first kappa shape index (κ1) is 22.0. The molecule has 1 saturated heterocycles. The highest BCUT2D eigenvalue weighted by Crippen LogP contribution is 2.32. The summed E-state index contributed by atoms with van der Waals surface area (Å²) in [6, 6.07) is 5.63. The van der Waals surface area contributed by atoms with E-state index in [0.717, 1.165) is 5.56 Å². The molecule has 0 unspecified atom stereocenters. The number of benzene rings is 1. The van der Waals surface area contributed by atoms with Crippen LogP contribution in [0.2, 0.25) is 0 Å². The van der Waals surface area contributed by atoms with Crippen molar-refractivity contribution in [3.63, 3.8) is 0 Å². The van der Waals surface area contributed by atoms with Crippen LogP contribution in [0.1, 0.15) is 11.8 Å². The molecule has 4 rings (SSSR count). The van der Waals surface area contributed by atoms with Gasteiger partial charge in [0, 0.05) is 12.6 Å². The quantitative estimate of drug-likeness (QED) is 0.307. The van der Waals surface area contributed by atoms with Crippen molar-refractivity contribution in [3.8, 4) is 11.5 Å². The smallest absolute Gasteiger partial charge is 0.226 e. The first-order valence-electron chi connectivity index (χ1n) is 10.0. The van der Waals surface area contributed by atoms with Crippen molar-refractivity contribution in [3.05, 3.63) is 30.1 Å². The number of aliphatic hydroxyl groups is 3. The Labute approximate surface area is 183 Å². The van der Waals surface area contributed by atoms with Crippen molar-refractivity contribution in [2.45, 2.75) is 31.0 Å². The molecule has 1 aliphatic heterocycles. The number of anilines is 2. The summed E-state index contributed by atoms with van der Waals surface area (Å²) in [7, 11) is 3.19. The Hall–Kier alpha value is -3.19. The first-order valence-corrected chi connectivity index (χ1v) is 10.0. The lowest BCUT2D eigenvalue weighted by Crippen LogP contribution is -2.33. The van der Waals surface area contributed by atoms with Crippen LogP contribution in [0.4, 0.5) is 11.8 Å². The third kappa shape index (κ3) is 4.12. The van der Waals surface area contributed by atoms with Gasteiger partial charge in [-0.2, -0.15) is 9.97 Å². The maximum Gasteiger partial charge on any atom is 0.226 e. The van der Waals surface area contributed by atoms with Gasteiger partial charge < -0.3 is 40.6 Å². The second-order valence-corrected chi connectivity index (χ2v) is 7.38. The van der Waals surface area contributed by atoms with Crippen LogP contribution in [-0.4, -0.2) is 80.5 Å². The lowest BCUT2D eigenvalue weighted by Gasteiger charge is -2.17. The number of aliphatic hydroxyl groups excluding tert-OH is 3. The molecule has 32 heavy (non-hydrogen) atoms. The highest BCUT2D eigenvalue weighted by molar-refractivity contribution is 5.83. The molecule has 12 heteroatoms. The van der Waals surface area contributed by atoms with E-state index in [1.807, 2.05) is 12.1 Å². The van der Waals surface area contributed by atoms with Crippen LogP contribution in [0.5, 0.6) is 11.5 Å². The monoisotopic (exact) mass is 446 g/mol. The zero-order valence-corrected chi connectivity index (χ0v) is 17.7. The second-order valence-electron chi connectivity index (χ2n) is 7.38. The van der Waals surface area contributed by atoms with E-state index in [4.69, 9.17) is 19.9 Å². The third-order valence-corrected chi connectivity index (χ3v) is 5.35. The number of hydrogen-bond acceptors (Lipinski definition) is 11. The van der Waals surface area contributed by atoms with Gasteiger partial charge in [-0.05, 0) is 24.1 Å². The maximum absolute atomic E-state index is 10.3. The summed E-state index contributed by atoms with van der Waals surface area (Å²) >= 11 is 0. The molecular formula is C20H26N6O6. The summed E-state index contributed by atoms with van der Waals surface area (Å²) < 4.78 is 17.6. The number of ether oxygens (including phenoxy) is 3. The average Bonchev–Trinajstić information content (AvgIpc) is 3.34. The highest BCUT2D eigenvalue weighted by atomic mass is 16.6. The zero-order valence-electron chi connectivity index (χ0n) is 17.7. The number of nitrogens with one attached hydrogen (secondary N) is 1. The van der Waals surface area contributed by atoms with Gasteiger partial charge >= 0.3 is 0 Å². The Kier molecular flexibility index (Phi) is 6.28. The molecule has 12 nitrogen and oxygen atoms in total. The van der Waals surface area contributed by atoms with Crippen LogP contribution in [0, 0.1) is 0 Å². The first-order chi connectivity index (χ1) is 15.4. The lowest BCUT2D eigenvalue weighted by molar-refractivity contribution is -0.0511. The average molecular weight is 446 g/mol. The van der Waals surface area contributed by atoms with Gasteiger partial charge in [0.05, 0.1) is 27.2 Å². The normalized spacial score (nSPS) is 22.9. The fourth-order valence-electron chi connectivity index (χ4n) is 3.64. The van der Waals surface area contributed by atoms with Crippen molar-refractivity contribution in [2.75, 3.05) is 38.4 Å². The maximum atomic E-state index is 10.3. The number of hydrogen-bond donors (Lipinski definition) is 5. The second kappa shape index (κ2) is 9.12. The predicted molar refractivity (Wildman–Crippen MR) is 114 cm³/mol. The molecule has 1 aliphatic rings. The molecule has 6 N–H and O–H groups in total. The topological polar surface area (TPSA) is 170 Å². The molecule has 0 saturated carbocycles. The van der Waals surface area contributed by atoms with Gasteiger partial charge in [0.1, 0.15) is 35.3 Å². The number of rotatable bonds is 8. The van der Waals surface area contributed by atoms with Crippen molar-refractivity contribution >= 4 is 22.9 Å². The van der Waals surface area contributed by atoms with Gasteiger partial charge in [0.25, 0.3) is 0 Å². The van der Waals surface area contributed by atoms with Crippen LogP contribution in [0.25, 0.3) is 11.2 Å². The number of nitrogens with two attached hydrogens (primary N) is 1. The van der Waals surface area contributed by atoms with Crippen LogP contribution in [-0.2, 0) is 11.2 Å². The van der Waals surface area contributed by atoms with E-state index >= 15 is 0 Å². The number of methoxy groups -OCH3 is 2. The Morgan fingerprint density at radius 3 is 2.47 bits per heavy atom. The molecule has 0 bridgehead atoms. The van der Waals surface area contributed by atoms with E-state index in [9.17, 15) is 15.3 Å². The Balaban J connectivity index is 1.53. The Morgan fingerprint density at radius 2 is 1.84 bits per heavy atom.